The molecule has 2 aromatic carbocycles. The van der Waals surface area contributed by atoms with E-state index < -0.39 is 33.6 Å². The van der Waals surface area contributed by atoms with Gasteiger partial charge in [0.1, 0.15) is 11.5 Å². The molecule has 1 aliphatic carbocycles. The minimum absolute atomic E-state index is 0.0250. The SMILES string of the molecule is O=C(c1ccc(C(F)(F)F)nc1)N1CCc2cc(S(=O)(=O)Nc3ccc(CCCC4CCCC4)cc3F)ccc2C1. The number of aryl methyl sites for hydroxylation is 1. The fraction of sp³-hybridized carbons (Fsp3) is 0.400. The molecule has 1 N–H and O–H groups in total. The lowest BCUT2D eigenvalue weighted by molar-refractivity contribution is -0.141. The van der Waals surface area contributed by atoms with Gasteiger partial charge in [0.15, 0.2) is 0 Å². The third-order valence-electron chi connectivity index (χ3n) is 7.92. The van der Waals surface area contributed by atoms with Gasteiger partial charge in [0.25, 0.3) is 15.9 Å². The first-order valence-corrected chi connectivity index (χ1v) is 15.2. The van der Waals surface area contributed by atoms with E-state index in [2.05, 4.69) is 9.71 Å². The maximum atomic E-state index is 14.8. The molecule has 2 aliphatic rings. The van der Waals surface area contributed by atoms with E-state index in [1.807, 2.05) is 0 Å². The maximum Gasteiger partial charge on any atom is 0.433 e. The summed E-state index contributed by atoms with van der Waals surface area (Å²) in [6.45, 7) is 0.417. The number of carbonyl (C=O) groups excluding carboxylic acids is 1. The molecule has 1 amide bonds. The van der Waals surface area contributed by atoms with Crippen LogP contribution in [0.15, 0.2) is 59.6 Å². The van der Waals surface area contributed by atoms with Gasteiger partial charge in [-0.3, -0.25) is 14.5 Å². The monoisotopic (exact) mass is 589 g/mol. The predicted molar refractivity (Wildman–Crippen MR) is 146 cm³/mol. The fourth-order valence-corrected chi connectivity index (χ4v) is 6.75. The summed E-state index contributed by atoms with van der Waals surface area (Å²) in [7, 11) is -4.07. The van der Waals surface area contributed by atoms with Crippen molar-refractivity contribution in [1.82, 2.24) is 9.88 Å². The lowest BCUT2D eigenvalue weighted by Crippen LogP contribution is -2.36. The molecule has 3 aromatic rings. The summed E-state index contributed by atoms with van der Waals surface area (Å²) in [6, 6.07) is 10.9. The summed E-state index contributed by atoms with van der Waals surface area (Å²) in [6.07, 6.45) is 4.65. The highest BCUT2D eigenvalue weighted by atomic mass is 32.2. The summed E-state index contributed by atoms with van der Waals surface area (Å²) in [5.74, 6) is -0.327. The molecule has 0 spiro atoms. The van der Waals surface area contributed by atoms with Crippen LogP contribution in [0.2, 0.25) is 0 Å². The van der Waals surface area contributed by atoms with Crippen LogP contribution in [0.4, 0.5) is 23.2 Å². The van der Waals surface area contributed by atoms with E-state index >= 15 is 0 Å². The Morgan fingerprint density at radius 1 is 1.02 bits per heavy atom. The van der Waals surface area contributed by atoms with Crippen molar-refractivity contribution in [2.45, 2.75) is 69.0 Å². The molecule has 1 aromatic heterocycles. The Labute approximate surface area is 236 Å². The van der Waals surface area contributed by atoms with Crippen LogP contribution in [0.1, 0.15) is 71.3 Å². The molecule has 0 bridgehead atoms. The molecule has 2 heterocycles. The first-order chi connectivity index (χ1) is 19.5. The van der Waals surface area contributed by atoms with Gasteiger partial charge in [0.2, 0.25) is 0 Å². The van der Waals surface area contributed by atoms with Gasteiger partial charge >= 0.3 is 6.18 Å². The first kappa shape index (κ1) is 29.0. The van der Waals surface area contributed by atoms with Crippen molar-refractivity contribution < 1.29 is 30.8 Å². The number of pyridine rings is 1. The standard InChI is InChI=1S/C30H31F4N3O3S/c31-26-16-21(7-3-6-20-4-1-2-5-20)8-12-27(26)36-41(39,40)25-11-9-24-19-37(15-14-22(24)17-25)29(38)23-10-13-28(35-18-23)30(32,33)34/h8-13,16-18,20,36H,1-7,14-15,19H2. The lowest BCUT2D eigenvalue weighted by atomic mass is 9.98. The molecule has 6 nitrogen and oxygen atoms in total. The van der Waals surface area contributed by atoms with E-state index in [0.717, 1.165) is 60.2 Å². The van der Waals surface area contributed by atoms with Crippen LogP contribution >= 0.6 is 0 Å². The first-order valence-electron chi connectivity index (χ1n) is 13.8. The van der Waals surface area contributed by atoms with Gasteiger partial charge in [-0.05, 0) is 78.3 Å². The molecule has 0 unspecified atom stereocenters. The Bertz CT molecular complexity index is 1520. The molecular formula is C30H31F4N3O3S. The number of nitrogens with zero attached hydrogens (tertiary/aromatic N) is 2. The number of hydrogen-bond acceptors (Lipinski definition) is 4. The van der Waals surface area contributed by atoms with Crippen LogP contribution in [0.25, 0.3) is 0 Å². The molecule has 11 heteroatoms. The minimum atomic E-state index is -4.60. The van der Waals surface area contributed by atoms with Crippen molar-refractivity contribution in [3.63, 3.8) is 0 Å². The van der Waals surface area contributed by atoms with Gasteiger partial charge in [0, 0.05) is 19.3 Å². The van der Waals surface area contributed by atoms with Gasteiger partial charge in [-0.2, -0.15) is 13.2 Å². The Morgan fingerprint density at radius 3 is 2.49 bits per heavy atom. The van der Waals surface area contributed by atoms with Gasteiger partial charge in [-0.15, -0.1) is 0 Å². The Balaban J connectivity index is 1.21. The lowest BCUT2D eigenvalue weighted by Gasteiger charge is -2.29. The van der Waals surface area contributed by atoms with Crippen LogP contribution in [0, 0.1) is 11.7 Å². The third-order valence-corrected chi connectivity index (χ3v) is 9.28. The number of amides is 1. The highest BCUT2D eigenvalue weighted by Crippen LogP contribution is 2.30. The normalized spacial score (nSPS) is 16.0. The maximum absolute atomic E-state index is 14.8. The molecule has 0 atom stereocenters. The number of anilines is 1. The van der Waals surface area contributed by atoms with Crippen molar-refractivity contribution in [2.75, 3.05) is 11.3 Å². The second-order valence-electron chi connectivity index (χ2n) is 10.8. The van der Waals surface area contributed by atoms with Gasteiger partial charge < -0.3 is 4.90 Å². The van der Waals surface area contributed by atoms with E-state index in [4.69, 9.17) is 0 Å². The number of halogens is 4. The quantitative estimate of drug-likeness (QED) is 0.295. The molecule has 218 valence electrons. The van der Waals surface area contributed by atoms with E-state index in [1.54, 1.807) is 12.1 Å². The van der Waals surface area contributed by atoms with Gasteiger partial charge in [0.05, 0.1) is 16.1 Å². The van der Waals surface area contributed by atoms with Gasteiger partial charge in [-0.25, -0.2) is 12.8 Å². The van der Waals surface area contributed by atoms with Crippen LogP contribution in [-0.2, 0) is 35.6 Å². The number of fused-ring (bicyclic) bond motifs is 1. The number of benzene rings is 2. The number of sulfonamides is 1. The van der Waals surface area contributed by atoms with Crippen molar-refractivity contribution in [3.05, 3.63) is 88.5 Å². The van der Waals surface area contributed by atoms with E-state index in [-0.39, 0.29) is 29.2 Å². The molecule has 41 heavy (non-hydrogen) atoms. The van der Waals surface area contributed by atoms with Crippen LogP contribution in [-0.4, -0.2) is 30.8 Å². The molecule has 5 rings (SSSR count). The average molecular weight is 590 g/mol. The van der Waals surface area contributed by atoms with E-state index in [1.165, 1.54) is 54.8 Å². The number of carbonyl (C=O) groups is 1. The molecule has 0 radical (unpaired) electrons. The second-order valence-corrected chi connectivity index (χ2v) is 12.5. The van der Waals surface area contributed by atoms with Crippen LogP contribution in [0.3, 0.4) is 0 Å². The van der Waals surface area contributed by atoms with Crippen LogP contribution in [0.5, 0.6) is 0 Å². The number of alkyl halides is 3. The Kier molecular flexibility index (Phi) is 8.35. The minimum Gasteiger partial charge on any atom is -0.334 e. The fourth-order valence-electron chi connectivity index (χ4n) is 5.63. The zero-order chi connectivity index (χ0) is 29.2. The largest absolute Gasteiger partial charge is 0.433 e. The topological polar surface area (TPSA) is 79.4 Å². The van der Waals surface area contributed by atoms with Crippen molar-refractivity contribution in [3.8, 4) is 0 Å². The number of nitrogens with one attached hydrogen (secondary N) is 1. The zero-order valence-electron chi connectivity index (χ0n) is 22.4. The highest BCUT2D eigenvalue weighted by molar-refractivity contribution is 7.92. The highest BCUT2D eigenvalue weighted by Gasteiger charge is 2.33. The number of rotatable bonds is 8. The molecule has 1 fully saturated rings. The number of aromatic nitrogens is 1. The third kappa shape index (κ3) is 6.89. The molecular weight excluding hydrogens is 558 g/mol. The zero-order valence-corrected chi connectivity index (χ0v) is 23.2. The predicted octanol–water partition coefficient (Wildman–Crippen LogP) is 6.75. The van der Waals surface area contributed by atoms with Crippen molar-refractivity contribution >= 4 is 21.6 Å². The molecule has 1 aliphatic heterocycles. The van der Waals surface area contributed by atoms with Crippen molar-refractivity contribution in [2.24, 2.45) is 5.92 Å². The molecule has 1 saturated carbocycles. The summed E-state index contributed by atoms with van der Waals surface area (Å²) < 4.78 is 81.6. The van der Waals surface area contributed by atoms with E-state index in [0.29, 0.717) is 6.42 Å². The summed E-state index contributed by atoms with van der Waals surface area (Å²) in [4.78, 5) is 17.6. The summed E-state index contributed by atoms with van der Waals surface area (Å²) >= 11 is 0. The Morgan fingerprint density at radius 2 is 1.80 bits per heavy atom. The summed E-state index contributed by atoms with van der Waals surface area (Å²) in [5.41, 5.74) is 1.11. The van der Waals surface area contributed by atoms with E-state index in [9.17, 15) is 30.8 Å². The smallest absolute Gasteiger partial charge is 0.334 e. The average Bonchev–Trinajstić information content (AvgIpc) is 3.47. The van der Waals surface area contributed by atoms with Gasteiger partial charge in [-0.1, -0.05) is 44.2 Å². The summed E-state index contributed by atoms with van der Waals surface area (Å²) in [5, 5.41) is 0. The number of hydrogen-bond donors (Lipinski definition) is 1. The second kappa shape index (κ2) is 11.8. The Hall–Kier alpha value is -3.47. The van der Waals surface area contributed by atoms with Crippen LogP contribution < -0.4 is 4.72 Å². The molecule has 0 saturated heterocycles. The van der Waals surface area contributed by atoms with Crippen molar-refractivity contribution in [1.29, 1.82) is 0 Å².